The Morgan fingerprint density at radius 3 is 2.07 bits per heavy atom. The van der Waals surface area contributed by atoms with Gasteiger partial charge < -0.3 is 0 Å². The lowest BCUT2D eigenvalue weighted by atomic mass is 9.90. The highest BCUT2D eigenvalue weighted by molar-refractivity contribution is 8.08. The first kappa shape index (κ1) is 18.0. The van der Waals surface area contributed by atoms with E-state index in [1.807, 2.05) is 78.9 Å². The van der Waals surface area contributed by atoms with Crippen LogP contribution in [0.5, 0.6) is 0 Å². The van der Waals surface area contributed by atoms with Crippen molar-refractivity contribution in [1.29, 1.82) is 0 Å². The molecule has 0 bridgehead atoms. The standard InChI is InChI=1S/C24H20N2O2S/c27-22(26-17-16-25(23(26)28)20-14-8-3-9-15-20)24(19-12-6-2-7-13-19)21(29-24)18-10-4-1-5-11-18/h1-15,21H,16-17H2/t21-,24+/m0/s1. The fourth-order valence-electron chi connectivity index (χ4n) is 4.05. The minimum atomic E-state index is -0.745. The second kappa shape index (κ2) is 7.08. The van der Waals surface area contributed by atoms with E-state index >= 15 is 0 Å². The summed E-state index contributed by atoms with van der Waals surface area (Å²) < 4.78 is -0.745. The number of para-hydroxylation sites is 1. The number of nitrogens with zero attached hydrogens (tertiary/aromatic N) is 2. The van der Waals surface area contributed by atoms with E-state index in [4.69, 9.17) is 0 Å². The number of thioether (sulfide) groups is 1. The molecule has 3 aromatic rings. The fraction of sp³-hybridized carbons (Fsp3) is 0.167. The minimum absolute atomic E-state index is 0.0113. The molecule has 0 radical (unpaired) electrons. The van der Waals surface area contributed by atoms with Gasteiger partial charge in [0.15, 0.2) is 0 Å². The molecule has 0 saturated carbocycles. The van der Waals surface area contributed by atoms with Gasteiger partial charge in [-0.25, -0.2) is 4.79 Å². The number of benzene rings is 3. The van der Waals surface area contributed by atoms with Crippen LogP contribution in [0.2, 0.25) is 0 Å². The van der Waals surface area contributed by atoms with Gasteiger partial charge in [0.1, 0.15) is 4.75 Å². The van der Waals surface area contributed by atoms with Crippen LogP contribution in [0.4, 0.5) is 10.5 Å². The van der Waals surface area contributed by atoms with E-state index < -0.39 is 4.75 Å². The predicted octanol–water partition coefficient (Wildman–Crippen LogP) is 4.84. The first-order valence-electron chi connectivity index (χ1n) is 9.68. The second-order valence-electron chi connectivity index (χ2n) is 7.24. The Balaban J connectivity index is 1.48. The molecule has 3 aromatic carbocycles. The highest BCUT2D eigenvalue weighted by Crippen LogP contribution is 2.71. The van der Waals surface area contributed by atoms with Crippen molar-refractivity contribution in [3.8, 4) is 0 Å². The van der Waals surface area contributed by atoms with Gasteiger partial charge in [-0.15, -0.1) is 11.8 Å². The molecule has 2 saturated heterocycles. The zero-order valence-electron chi connectivity index (χ0n) is 15.8. The number of carbonyl (C=O) groups is 2. The van der Waals surface area contributed by atoms with E-state index in [0.29, 0.717) is 13.1 Å². The molecule has 0 N–H and O–H groups in total. The van der Waals surface area contributed by atoms with Crippen molar-refractivity contribution in [3.63, 3.8) is 0 Å². The molecular formula is C24H20N2O2S. The number of anilines is 1. The molecule has 0 aromatic heterocycles. The lowest BCUT2D eigenvalue weighted by Crippen LogP contribution is -2.42. The largest absolute Gasteiger partial charge is 0.331 e. The molecule has 3 amide bonds. The van der Waals surface area contributed by atoms with Crippen LogP contribution in [0.1, 0.15) is 16.4 Å². The van der Waals surface area contributed by atoms with Crippen LogP contribution in [0.25, 0.3) is 0 Å². The maximum atomic E-state index is 13.8. The third-order valence-corrected chi connectivity index (χ3v) is 7.19. The first-order chi connectivity index (χ1) is 14.2. The van der Waals surface area contributed by atoms with Crippen molar-refractivity contribution in [1.82, 2.24) is 4.90 Å². The van der Waals surface area contributed by atoms with Gasteiger partial charge in [-0.3, -0.25) is 14.6 Å². The highest BCUT2D eigenvalue weighted by Gasteiger charge is 2.65. The van der Waals surface area contributed by atoms with E-state index in [0.717, 1.165) is 16.8 Å². The van der Waals surface area contributed by atoms with Gasteiger partial charge in [0, 0.05) is 18.8 Å². The van der Waals surface area contributed by atoms with E-state index in [1.54, 1.807) is 16.7 Å². The van der Waals surface area contributed by atoms with E-state index in [9.17, 15) is 9.59 Å². The smallest absolute Gasteiger partial charge is 0.292 e. The number of imide groups is 1. The van der Waals surface area contributed by atoms with Crippen LogP contribution < -0.4 is 4.90 Å². The third kappa shape index (κ3) is 2.93. The molecular weight excluding hydrogens is 380 g/mol. The van der Waals surface area contributed by atoms with Crippen LogP contribution >= 0.6 is 11.8 Å². The number of rotatable bonds is 4. The zero-order valence-corrected chi connectivity index (χ0v) is 16.6. The highest BCUT2D eigenvalue weighted by atomic mass is 32.2. The van der Waals surface area contributed by atoms with Gasteiger partial charge in [-0.05, 0) is 23.3 Å². The van der Waals surface area contributed by atoms with Crippen molar-refractivity contribution in [3.05, 3.63) is 102 Å². The molecule has 2 fully saturated rings. The Morgan fingerprint density at radius 1 is 0.828 bits per heavy atom. The Kier molecular flexibility index (Phi) is 4.40. The van der Waals surface area contributed by atoms with Crippen molar-refractivity contribution >= 4 is 29.4 Å². The summed E-state index contributed by atoms with van der Waals surface area (Å²) >= 11 is 1.62. The molecule has 2 aliphatic rings. The molecule has 2 atom stereocenters. The van der Waals surface area contributed by atoms with Gasteiger partial charge >= 0.3 is 6.03 Å². The molecule has 0 spiro atoms. The number of hydrogen-bond acceptors (Lipinski definition) is 3. The summed E-state index contributed by atoms with van der Waals surface area (Å²) in [6.45, 7) is 0.920. The van der Waals surface area contributed by atoms with Crippen LogP contribution in [0.3, 0.4) is 0 Å². The number of hydrogen-bond donors (Lipinski definition) is 0. The van der Waals surface area contributed by atoms with Crippen LogP contribution in [0, 0.1) is 0 Å². The normalized spacial score (nSPS) is 23.3. The summed E-state index contributed by atoms with van der Waals surface area (Å²) in [5, 5.41) is 0.0113. The Bertz CT molecular complexity index is 1040. The van der Waals surface area contributed by atoms with Gasteiger partial charge in [0.05, 0.1) is 5.25 Å². The Labute approximate surface area is 174 Å². The van der Waals surface area contributed by atoms with Gasteiger partial charge in [-0.1, -0.05) is 78.9 Å². The molecule has 5 rings (SSSR count). The maximum absolute atomic E-state index is 13.8. The molecule has 144 valence electrons. The van der Waals surface area contributed by atoms with Gasteiger partial charge in [-0.2, -0.15) is 0 Å². The SMILES string of the molecule is O=C1N(C(=O)[C@]2(c3ccccc3)S[C@H]2c2ccccc2)CCN1c1ccccc1. The summed E-state index contributed by atoms with van der Waals surface area (Å²) in [5.41, 5.74) is 2.89. The van der Waals surface area contributed by atoms with Crippen LogP contribution in [-0.4, -0.2) is 29.9 Å². The van der Waals surface area contributed by atoms with E-state index in [2.05, 4.69) is 12.1 Å². The summed E-state index contributed by atoms with van der Waals surface area (Å²) in [7, 11) is 0. The van der Waals surface area contributed by atoms with E-state index in [-0.39, 0.29) is 17.2 Å². The minimum Gasteiger partial charge on any atom is -0.292 e. The second-order valence-corrected chi connectivity index (χ2v) is 8.59. The first-order valence-corrected chi connectivity index (χ1v) is 10.6. The lowest BCUT2D eigenvalue weighted by Gasteiger charge is -2.23. The molecule has 2 aliphatic heterocycles. The maximum Gasteiger partial charge on any atom is 0.331 e. The molecule has 2 heterocycles. The molecule has 4 nitrogen and oxygen atoms in total. The zero-order chi connectivity index (χ0) is 19.8. The van der Waals surface area contributed by atoms with Crippen LogP contribution in [-0.2, 0) is 9.54 Å². The monoisotopic (exact) mass is 400 g/mol. The lowest BCUT2D eigenvalue weighted by molar-refractivity contribution is -0.129. The van der Waals surface area contributed by atoms with Crippen LogP contribution in [0.15, 0.2) is 91.0 Å². The van der Waals surface area contributed by atoms with Crippen molar-refractivity contribution in [2.75, 3.05) is 18.0 Å². The van der Waals surface area contributed by atoms with Gasteiger partial charge in [0.2, 0.25) is 0 Å². The quantitative estimate of drug-likeness (QED) is 0.589. The molecule has 0 aliphatic carbocycles. The number of urea groups is 1. The third-order valence-electron chi connectivity index (χ3n) is 5.56. The average molecular weight is 401 g/mol. The summed E-state index contributed by atoms with van der Waals surface area (Å²) in [5.74, 6) is -0.119. The summed E-state index contributed by atoms with van der Waals surface area (Å²) in [6, 6.07) is 29.2. The van der Waals surface area contributed by atoms with E-state index in [1.165, 1.54) is 4.90 Å². The number of amides is 3. The van der Waals surface area contributed by atoms with Crippen molar-refractivity contribution in [2.45, 2.75) is 10.00 Å². The Morgan fingerprint density at radius 2 is 1.41 bits per heavy atom. The average Bonchev–Trinajstić information content (AvgIpc) is 3.44. The summed E-state index contributed by atoms with van der Waals surface area (Å²) in [6.07, 6.45) is 0. The molecule has 5 heteroatoms. The molecule has 29 heavy (non-hydrogen) atoms. The number of carbonyl (C=O) groups excluding carboxylic acids is 2. The van der Waals surface area contributed by atoms with Crippen molar-refractivity contribution in [2.24, 2.45) is 0 Å². The molecule has 0 unspecified atom stereocenters. The van der Waals surface area contributed by atoms with Gasteiger partial charge in [0.25, 0.3) is 5.91 Å². The van der Waals surface area contributed by atoms with Crippen molar-refractivity contribution < 1.29 is 9.59 Å². The topological polar surface area (TPSA) is 40.6 Å². The fourth-order valence-corrected chi connectivity index (χ4v) is 5.50. The Hall–Kier alpha value is -3.05. The predicted molar refractivity (Wildman–Crippen MR) is 116 cm³/mol. The summed E-state index contributed by atoms with van der Waals surface area (Å²) in [4.78, 5) is 30.0.